The van der Waals surface area contributed by atoms with E-state index in [-0.39, 0.29) is 17.9 Å². The fourth-order valence-corrected chi connectivity index (χ4v) is 4.22. The van der Waals surface area contributed by atoms with Crippen molar-refractivity contribution in [2.75, 3.05) is 0 Å². The second-order valence-electron chi connectivity index (χ2n) is 5.49. The molecular formula is C16H16N4O4S. The van der Waals surface area contributed by atoms with E-state index in [4.69, 9.17) is 5.21 Å². The molecule has 8 nitrogen and oxygen atoms in total. The van der Waals surface area contributed by atoms with E-state index >= 15 is 0 Å². The first-order valence-corrected chi connectivity index (χ1v) is 8.88. The molecule has 3 rings (SSSR count). The van der Waals surface area contributed by atoms with E-state index in [1.807, 2.05) is 0 Å². The zero-order valence-electron chi connectivity index (χ0n) is 13.2. The maximum Gasteiger partial charge on any atom is 0.262 e. The third-order valence-corrected chi connectivity index (χ3v) is 5.89. The van der Waals surface area contributed by atoms with Crippen molar-refractivity contribution in [2.45, 2.75) is 19.0 Å². The molecule has 9 heteroatoms. The Morgan fingerprint density at radius 2 is 1.84 bits per heavy atom. The summed E-state index contributed by atoms with van der Waals surface area (Å²) in [6, 6.07) is 7.27. The van der Waals surface area contributed by atoms with Crippen molar-refractivity contribution in [3.05, 3.63) is 66.3 Å². The van der Waals surface area contributed by atoms with Crippen molar-refractivity contribution in [3.8, 4) is 0 Å². The van der Waals surface area contributed by atoms with Crippen LogP contribution < -0.4 is 5.48 Å². The van der Waals surface area contributed by atoms with Gasteiger partial charge in [-0.05, 0) is 5.56 Å². The largest absolute Gasteiger partial charge is 0.289 e. The monoisotopic (exact) mass is 360 g/mol. The van der Waals surface area contributed by atoms with Gasteiger partial charge in [0.1, 0.15) is 6.04 Å². The summed E-state index contributed by atoms with van der Waals surface area (Å²) in [5.41, 5.74) is 2.94. The van der Waals surface area contributed by atoms with Crippen molar-refractivity contribution in [1.82, 2.24) is 19.8 Å². The molecule has 0 aliphatic carbocycles. The predicted octanol–water partition coefficient (Wildman–Crippen LogP) is 0.709. The maximum absolute atomic E-state index is 13.0. The minimum absolute atomic E-state index is 0.0108. The van der Waals surface area contributed by atoms with Gasteiger partial charge in [0.05, 0.1) is 22.8 Å². The summed E-state index contributed by atoms with van der Waals surface area (Å²) < 4.78 is 27.1. The van der Waals surface area contributed by atoms with E-state index in [0.29, 0.717) is 17.0 Å². The van der Waals surface area contributed by atoms with Gasteiger partial charge in [-0.3, -0.25) is 20.0 Å². The Morgan fingerprint density at radius 1 is 1.20 bits per heavy atom. The van der Waals surface area contributed by atoms with E-state index in [1.54, 1.807) is 30.3 Å². The van der Waals surface area contributed by atoms with Crippen LogP contribution in [0, 0.1) is 0 Å². The van der Waals surface area contributed by atoms with Crippen LogP contribution >= 0.6 is 0 Å². The highest BCUT2D eigenvalue weighted by Crippen LogP contribution is 2.30. The standard InChI is InChI=1S/C16H16N4O4S/c1-11(12-5-3-2-4-6-12)25(23,24)20-10-14-13(17-7-8-18-14)9-15(20)16(21)19-22/h2-8,15,22H,1,9-10H2,(H,19,21). The molecule has 1 aliphatic heterocycles. The van der Waals surface area contributed by atoms with Crippen molar-refractivity contribution in [2.24, 2.45) is 0 Å². The highest BCUT2D eigenvalue weighted by Gasteiger charge is 2.41. The lowest BCUT2D eigenvalue weighted by atomic mass is 10.0. The molecule has 0 bridgehead atoms. The summed E-state index contributed by atoms with van der Waals surface area (Å²) >= 11 is 0. The van der Waals surface area contributed by atoms with Gasteiger partial charge in [-0.2, -0.15) is 4.31 Å². The van der Waals surface area contributed by atoms with Gasteiger partial charge in [0.25, 0.3) is 5.91 Å². The molecule has 1 aromatic heterocycles. The van der Waals surface area contributed by atoms with Gasteiger partial charge in [0.15, 0.2) is 0 Å². The fourth-order valence-electron chi connectivity index (χ4n) is 2.71. The number of aromatic nitrogens is 2. The van der Waals surface area contributed by atoms with Crippen LogP contribution in [0.15, 0.2) is 49.3 Å². The first kappa shape index (κ1) is 17.2. The number of amides is 1. The average Bonchev–Trinajstić information content (AvgIpc) is 2.66. The fraction of sp³-hybridized carbons (Fsp3) is 0.188. The summed E-state index contributed by atoms with van der Waals surface area (Å²) in [6.07, 6.45) is 2.94. The Balaban J connectivity index is 2.03. The number of benzene rings is 1. The first-order chi connectivity index (χ1) is 11.9. The molecule has 130 valence electrons. The lowest BCUT2D eigenvalue weighted by Gasteiger charge is -2.33. The molecule has 0 radical (unpaired) electrons. The SMILES string of the molecule is C=C(c1ccccc1)S(=O)(=O)N1Cc2nccnc2CC1C(=O)NO. The average molecular weight is 360 g/mol. The minimum Gasteiger partial charge on any atom is -0.289 e. The number of sulfonamides is 1. The van der Waals surface area contributed by atoms with Crippen LogP contribution in [-0.2, 0) is 27.8 Å². The maximum atomic E-state index is 13.0. The summed E-state index contributed by atoms with van der Waals surface area (Å²) in [6.45, 7) is 3.56. The van der Waals surface area contributed by atoms with Crippen molar-refractivity contribution < 1.29 is 18.4 Å². The molecule has 25 heavy (non-hydrogen) atoms. The van der Waals surface area contributed by atoms with Crippen LogP contribution in [0.5, 0.6) is 0 Å². The highest BCUT2D eigenvalue weighted by molar-refractivity contribution is 7.98. The van der Waals surface area contributed by atoms with Gasteiger partial charge >= 0.3 is 0 Å². The van der Waals surface area contributed by atoms with E-state index < -0.39 is 22.0 Å². The van der Waals surface area contributed by atoms with Crippen LogP contribution in [0.25, 0.3) is 4.91 Å². The Labute approximate surface area is 144 Å². The molecule has 2 N–H and O–H groups in total. The van der Waals surface area contributed by atoms with Crippen molar-refractivity contribution >= 4 is 20.8 Å². The normalized spacial score (nSPS) is 17.6. The summed E-state index contributed by atoms with van der Waals surface area (Å²) in [4.78, 5) is 20.2. The van der Waals surface area contributed by atoms with Crippen LogP contribution in [0.3, 0.4) is 0 Å². The molecule has 2 heterocycles. The topological polar surface area (TPSA) is 112 Å². The summed E-state index contributed by atoms with van der Waals surface area (Å²) in [7, 11) is -4.06. The molecule has 1 amide bonds. The highest BCUT2D eigenvalue weighted by atomic mass is 32.2. The van der Waals surface area contributed by atoms with Crippen LogP contribution in [0.1, 0.15) is 17.0 Å². The Kier molecular flexibility index (Phi) is 4.62. The molecule has 1 aliphatic rings. The number of carbonyl (C=O) groups is 1. The summed E-state index contributed by atoms with van der Waals surface area (Å²) in [5.74, 6) is -0.833. The van der Waals surface area contributed by atoms with Gasteiger partial charge in [-0.1, -0.05) is 36.9 Å². The Morgan fingerprint density at radius 3 is 2.48 bits per heavy atom. The lowest BCUT2D eigenvalue weighted by Crippen LogP contribution is -2.52. The molecule has 1 atom stereocenters. The zero-order chi connectivity index (χ0) is 18.0. The molecular weight excluding hydrogens is 344 g/mol. The second kappa shape index (κ2) is 6.71. The number of hydrogen-bond donors (Lipinski definition) is 2. The van der Waals surface area contributed by atoms with Gasteiger partial charge in [0.2, 0.25) is 10.0 Å². The number of carbonyl (C=O) groups excluding carboxylic acids is 1. The van der Waals surface area contributed by atoms with Crippen LogP contribution in [0.2, 0.25) is 0 Å². The van der Waals surface area contributed by atoms with E-state index in [9.17, 15) is 13.2 Å². The number of nitrogens with one attached hydrogen (secondary N) is 1. The van der Waals surface area contributed by atoms with Crippen LogP contribution in [-0.4, -0.2) is 39.8 Å². The molecule has 0 fully saturated rings. The summed E-state index contributed by atoms with van der Waals surface area (Å²) in [5, 5.41) is 8.99. The number of hydrogen-bond acceptors (Lipinski definition) is 6. The Hall–Kier alpha value is -2.62. The van der Waals surface area contributed by atoms with Gasteiger partial charge < -0.3 is 0 Å². The number of rotatable bonds is 4. The lowest BCUT2D eigenvalue weighted by molar-refractivity contribution is -0.133. The minimum atomic E-state index is -4.06. The van der Waals surface area contributed by atoms with Gasteiger partial charge in [-0.25, -0.2) is 13.9 Å². The smallest absolute Gasteiger partial charge is 0.262 e. The number of hydroxylamine groups is 1. The first-order valence-electron chi connectivity index (χ1n) is 7.44. The second-order valence-corrected chi connectivity index (χ2v) is 7.40. The third kappa shape index (κ3) is 3.16. The Bertz CT molecular complexity index is 915. The quantitative estimate of drug-likeness (QED) is 0.613. The van der Waals surface area contributed by atoms with E-state index in [2.05, 4.69) is 16.5 Å². The van der Waals surface area contributed by atoms with Gasteiger partial charge in [-0.15, -0.1) is 0 Å². The molecule has 1 aromatic carbocycles. The van der Waals surface area contributed by atoms with Crippen molar-refractivity contribution in [3.63, 3.8) is 0 Å². The van der Waals surface area contributed by atoms with E-state index in [0.717, 1.165) is 4.31 Å². The number of nitrogens with zero attached hydrogens (tertiary/aromatic N) is 3. The predicted molar refractivity (Wildman–Crippen MR) is 89.4 cm³/mol. The zero-order valence-corrected chi connectivity index (χ0v) is 14.0. The molecule has 0 spiro atoms. The molecule has 0 saturated carbocycles. The van der Waals surface area contributed by atoms with Crippen molar-refractivity contribution in [1.29, 1.82) is 0 Å². The van der Waals surface area contributed by atoms with Crippen LogP contribution in [0.4, 0.5) is 0 Å². The molecule has 1 unspecified atom stereocenters. The molecule has 0 saturated heterocycles. The third-order valence-electron chi connectivity index (χ3n) is 4.03. The number of fused-ring (bicyclic) bond motifs is 1. The van der Waals surface area contributed by atoms with E-state index in [1.165, 1.54) is 17.9 Å². The molecule has 2 aromatic rings. The van der Waals surface area contributed by atoms with Gasteiger partial charge in [0, 0.05) is 18.8 Å².